The third-order valence-electron chi connectivity index (χ3n) is 3.17. The molecule has 0 saturated heterocycles. The Labute approximate surface area is 141 Å². The quantitative estimate of drug-likeness (QED) is 0.432. The van der Waals surface area contributed by atoms with Gasteiger partial charge in [0.1, 0.15) is 11.3 Å². The molecule has 0 aromatic carbocycles. The highest BCUT2D eigenvalue weighted by atomic mass is 35.5. The molecule has 0 amide bonds. The summed E-state index contributed by atoms with van der Waals surface area (Å²) in [6, 6.07) is 0. The van der Waals surface area contributed by atoms with Gasteiger partial charge in [-0.15, -0.1) is 0 Å². The van der Waals surface area contributed by atoms with Gasteiger partial charge < -0.3 is 4.98 Å². The summed E-state index contributed by atoms with van der Waals surface area (Å²) >= 11 is 7.69. The van der Waals surface area contributed by atoms with Crippen molar-refractivity contribution < 1.29 is 0 Å². The molecule has 0 fully saturated rings. The van der Waals surface area contributed by atoms with Crippen LogP contribution in [0.5, 0.6) is 0 Å². The molecule has 0 radical (unpaired) electrons. The fourth-order valence-corrected chi connectivity index (χ4v) is 3.02. The molecule has 0 spiro atoms. The molecule has 1 N–H and O–H groups in total. The van der Waals surface area contributed by atoms with Crippen molar-refractivity contribution in [1.29, 1.82) is 0 Å². The van der Waals surface area contributed by atoms with E-state index in [0.29, 0.717) is 28.7 Å². The minimum Gasteiger partial charge on any atom is -0.302 e. The molecule has 0 bridgehead atoms. The molecule has 3 heterocycles. The van der Waals surface area contributed by atoms with E-state index in [1.807, 2.05) is 6.92 Å². The van der Waals surface area contributed by atoms with Gasteiger partial charge in [0.05, 0.1) is 6.54 Å². The second kappa shape index (κ2) is 6.67. The zero-order valence-corrected chi connectivity index (χ0v) is 14.3. The van der Waals surface area contributed by atoms with Crippen LogP contribution in [-0.2, 0) is 6.54 Å². The van der Waals surface area contributed by atoms with E-state index in [2.05, 4.69) is 31.8 Å². The van der Waals surface area contributed by atoms with Gasteiger partial charge in [-0.2, -0.15) is 0 Å². The van der Waals surface area contributed by atoms with Gasteiger partial charge in [-0.05, 0) is 13.3 Å². The first-order valence-electron chi connectivity index (χ1n) is 7.15. The van der Waals surface area contributed by atoms with Crippen LogP contribution >= 0.6 is 23.4 Å². The van der Waals surface area contributed by atoms with Crippen molar-refractivity contribution in [2.24, 2.45) is 0 Å². The summed E-state index contributed by atoms with van der Waals surface area (Å²) in [5, 5.41) is 0.821. The molecule has 0 aliphatic rings. The fraction of sp³-hybridized carbons (Fsp3) is 0.357. The number of nitrogens with zero attached hydrogens (tertiary/aromatic N) is 5. The zero-order valence-electron chi connectivity index (χ0n) is 12.7. The van der Waals surface area contributed by atoms with Crippen LogP contribution in [0.1, 0.15) is 24.7 Å². The molecule has 9 heteroatoms. The highest BCUT2D eigenvalue weighted by Gasteiger charge is 2.15. The summed E-state index contributed by atoms with van der Waals surface area (Å²) in [6.07, 6.45) is 4.40. The monoisotopic (exact) mass is 350 g/mol. The minimum absolute atomic E-state index is 0.254. The number of hydrogen-bond donors (Lipinski definition) is 1. The van der Waals surface area contributed by atoms with E-state index in [9.17, 15) is 4.79 Å². The predicted molar refractivity (Wildman–Crippen MR) is 90.0 cm³/mol. The molecule has 3 aromatic heterocycles. The molecule has 7 nitrogen and oxygen atoms in total. The van der Waals surface area contributed by atoms with Crippen LogP contribution in [0.25, 0.3) is 11.2 Å². The van der Waals surface area contributed by atoms with Crippen molar-refractivity contribution in [1.82, 2.24) is 29.5 Å². The van der Waals surface area contributed by atoms with Crippen LogP contribution in [-0.4, -0.2) is 35.2 Å². The first-order valence-corrected chi connectivity index (χ1v) is 8.51. The van der Waals surface area contributed by atoms with Crippen LogP contribution in [0.4, 0.5) is 0 Å². The number of hydrogen-bond acceptors (Lipinski definition) is 6. The summed E-state index contributed by atoms with van der Waals surface area (Å²) in [4.78, 5) is 31.9. The lowest BCUT2D eigenvalue weighted by Gasteiger charge is -2.04. The van der Waals surface area contributed by atoms with Crippen LogP contribution in [0, 0.1) is 6.92 Å². The lowest BCUT2D eigenvalue weighted by molar-refractivity contribution is 0.761. The molecule has 0 unspecified atom stereocenters. The third kappa shape index (κ3) is 3.37. The van der Waals surface area contributed by atoms with Crippen molar-refractivity contribution in [3.05, 3.63) is 39.4 Å². The first kappa shape index (κ1) is 15.9. The Morgan fingerprint density at radius 2 is 2.04 bits per heavy atom. The summed E-state index contributed by atoms with van der Waals surface area (Å²) in [5.74, 6) is 1.58. The second-order valence-electron chi connectivity index (χ2n) is 5.00. The number of aromatic amines is 1. The standard InChI is InChI=1S/C14H15ClN6OS/c1-3-4-23-13-19-11(15)10-12(20-13)21(14(22)18-10)7-9-5-16-8(2)17-6-9/h5-6H,3-4,7H2,1-2H3,(H,18,22). The van der Waals surface area contributed by atoms with Gasteiger partial charge in [0.25, 0.3) is 0 Å². The van der Waals surface area contributed by atoms with Gasteiger partial charge >= 0.3 is 5.69 Å². The van der Waals surface area contributed by atoms with E-state index < -0.39 is 0 Å². The van der Waals surface area contributed by atoms with Crippen LogP contribution in [0.2, 0.25) is 5.15 Å². The number of halogens is 1. The maximum absolute atomic E-state index is 12.2. The predicted octanol–water partition coefficient (Wildman–Crippen LogP) is 2.42. The smallest absolute Gasteiger partial charge is 0.302 e. The number of thioether (sulfide) groups is 1. The largest absolute Gasteiger partial charge is 0.328 e. The molecule has 0 atom stereocenters. The Bertz CT molecular complexity index is 889. The van der Waals surface area contributed by atoms with Crippen molar-refractivity contribution in [2.75, 3.05) is 5.75 Å². The van der Waals surface area contributed by atoms with Crippen molar-refractivity contribution >= 4 is 34.5 Å². The summed E-state index contributed by atoms with van der Waals surface area (Å²) in [6.45, 7) is 4.22. The average molecular weight is 351 g/mol. The Morgan fingerprint density at radius 3 is 2.74 bits per heavy atom. The fourth-order valence-electron chi connectivity index (χ4n) is 2.07. The van der Waals surface area contributed by atoms with Crippen LogP contribution in [0.3, 0.4) is 0 Å². The Hall–Kier alpha value is -1.93. The number of imidazole rings is 1. The number of rotatable bonds is 5. The highest BCUT2D eigenvalue weighted by molar-refractivity contribution is 7.99. The first-order chi connectivity index (χ1) is 11.1. The maximum Gasteiger partial charge on any atom is 0.328 e. The van der Waals surface area contributed by atoms with Gasteiger partial charge in [-0.1, -0.05) is 30.3 Å². The number of nitrogens with one attached hydrogen (secondary N) is 1. The third-order valence-corrected chi connectivity index (χ3v) is 4.50. The van der Waals surface area contributed by atoms with Crippen LogP contribution < -0.4 is 5.69 Å². The van der Waals surface area contributed by atoms with E-state index in [-0.39, 0.29) is 10.8 Å². The molecular weight excluding hydrogens is 336 g/mol. The van der Waals surface area contributed by atoms with Gasteiger partial charge in [0.2, 0.25) is 0 Å². The topological polar surface area (TPSA) is 89.4 Å². The van der Waals surface area contributed by atoms with E-state index in [1.165, 1.54) is 16.3 Å². The lowest BCUT2D eigenvalue weighted by Crippen LogP contribution is -2.18. The Kier molecular flexibility index (Phi) is 4.63. The molecule has 0 aliphatic heterocycles. The zero-order chi connectivity index (χ0) is 16.4. The molecular formula is C14H15ClN6OS. The highest BCUT2D eigenvalue weighted by Crippen LogP contribution is 2.23. The Morgan fingerprint density at radius 1 is 1.30 bits per heavy atom. The van der Waals surface area contributed by atoms with E-state index in [1.54, 1.807) is 12.4 Å². The Balaban J connectivity index is 2.04. The normalized spacial score (nSPS) is 11.3. The van der Waals surface area contributed by atoms with Crippen molar-refractivity contribution in [3.8, 4) is 0 Å². The second-order valence-corrected chi connectivity index (χ2v) is 6.42. The molecule has 0 aliphatic carbocycles. The maximum atomic E-state index is 12.2. The molecule has 120 valence electrons. The van der Waals surface area contributed by atoms with E-state index in [0.717, 1.165) is 17.7 Å². The number of H-pyrrole nitrogens is 1. The van der Waals surface area contributed by atoms with Crippen LogP contribution in [0.15, 0.2) is 22.3 Å². The summed E-state index contributed by atoms with van der Waals surface area (Å²) in [7, 11) is 0. The van der Waals surface area contributed by atoms with Gasteiger partial charge in [-0.3, -0.25) is 4.57 Å². The molecule has 3 aromatic rings. The molecule has 23 heavy (non-hydrogen) atoms. The van der Waals surface area contributed by atoms with Crippen molar-refractivity contribution in [3.63, 3.8) is 0 Å². The number of aromatic nitrogens is 6. The van der Waals surface area contributed by atoms with E-state index >= 15 is 0 Å². The SMILES string of the molecule is CCCSc1nc(Cl)c2[nH]c(=O)n(Cc3cnc(C)nc3)c2n1. The summed E-state index contributed by atoms with van der Waals surface area (Å²) in [5.41, 5.74) is 1.48. The molecule has 0 saturated carbocycles. The molecule has 3 rings (SSSR count). The summed E-state index contributed by atoms with van der Waals surface area (Å²) < 4.78 is 1.52. The van der Waals surface area contributed by atoms with Gasteiger partial charge in [0, 0.05) is 23.7 Å². The van der Waals surface area contributed by atoms with Crippen molar-refractivity contribution in [2.45, 2.75) is 32.0 Å². The van der Waals surface area contributed by atoms with E-state index in [4.69, 9.17) is 11.6 Å². The average Bonchev–Trinajstić information content (AvgIpc) is 2.84. The number of aryl methyl sites for hydroxylation is 1. The number of fused-ring (bicyclic) bond motifs is 1. The minimum atomic E-state index is -0.283. The lowest BCUT2D eigenvalue weighted by atomic mass is 10.3. The van der Waals surface area contributed by atoms with Gasteiger partial charge in [0.15, 0.2) is 16.0 Å². The van der Waals surface area contributed by atoms with Gasteiger partial charge in [-0.25, -0.2) is 24.7 Å².